The van der Waals surface area contributed by atoms with Gasteiger partial charge < -0.3 is 10.7 Å². The Balaban J connectivity index is 2.19. The number of hydrogen-bond donors (Lipinski definition) is 2. The van der Waals surface area contributed by atoms with E-state index in [0.717, 1.165) is 27.7 Å². The summed E-state index contributed by atoms with van der Waals surface area (Å²) in [5, 5.41) is 0.957. The number of fused-ring (bicyclic) bond motifs is 1. The highest BCUT2D eigenvalue weighted by Crippen LogP contribution is 2.27. The smallest absolute Gasteiger partial charge is 0.125 e. The van der Waals surface area contributed by atoms with Crippen LogP contribution in [-0.4, -0.2) is 9.97 Å². The molecule has 3 N–H and O–H groups in total. The second-order valence-corrected chi connectivity index (χ2v) is 4.15. The number of benzene rings is 1. The number of nitrogens with zero attached hydrogens (tertiary/aromatic N) is 1. The van der Waals surface area contributed by atoms with Gasteiger partial charge in [0, 0.05) is 35.4 Å². The number of aromatic amines is 1. The van der Waals surface area contributed by atoms with Crippen molar-refractivity contribution in [3.8, 4) is 11.3 Å². The topological polar surface area (TPSA) is 54.7 Å². The van der Waals surface area contributed by atoms with Crippen LogP contribution in [0.1, 0.15) is 5.56 Å². The Morgan fingerprint density at radius 2 is 2.11 bits per heavy atom. The molecular weight excluding hydrogens is 229 g/mol. The molecule has 2 aromatic heterocycles. The van der Waals surface area contributed by atoms with Crippen LogP contribution >= 0.6 is 0 Å². The number of nitrogens with one attached hydrogen (secondary N) is 1. The van der Waals surface area contributed by atoms with Crippen molar-refractivity contribution in [1.82, 2.24) is 9.97 Å². The molecule has 90 valence electrons. The number of pyridine rings is 1. The van der Waals surface area contributed by atoms with E-state index >= 15 is 0 Å². The normalized spacial score (nSPS) is 11.0. The number of hydrogen-bond acceptors (Lipinski definition) is 2. The van der Waals surface area contributed by atoms with E-state index in [-0.39, 0.29) is 5.82 Å². The molecule has 0 saturated carbocycles. The van der Waals surface area contributed by atoms with Gasteiger partial charge in [-0.25, -0.2) is 4.39 Å². The molecule has 3 rings (SSSR count). The second-order valence-electron chi connectivity index (χ2n) is 4.15. The first-order valence-corrected chi connectivity index (χ1v) is 5.70. The summed E-state index contributed by atoms with van der Waals surface area (Å²) in [6.07, 6.45) is 3.58. The molecule has 0 bridgehead atoms. The fourth-order valence-corrected chi connectivity index (χ4v) is 2.06. The van der Waals surface area contributed by atoms with Crippen molar-refractivity contribution in [2.24, 2.45) is 5.73 Å². The second kappa shape index (κ2) is 4.23. The van der Waals surface area contributed by atoms with Crippen LogP contribution in [0.5, 0.6) is 0 Å². The third-order valence-electron chi connectivity index (χ3n) is 2.98. The Labute approximate surface area is 103 Å². The number of rotatable bonds is 2. The fraction of sp³-hybridized carbons (Fsp3) is 0.0714. The van der Waals surface area contributed by atoms with Crippen LogP contribution in [0.15, 0.2) is 42.7 Å². The molecule has 0 amide bonds. The van der Waals surface area contributed by atoms with Gasteiger partial charge in [0.1, 0.15) is 5.82 Å². The Bertz CT molecular complexity index is 703. The molecule has 4 heteroatoms. The average molecular weight is 241 g/mol. The van der Waals surface area contributed by atoms with Gasteiger partial charge in [0.15, 0.2) is 0 Å². The van der Waals surface area contributed by atoms with Crippen LogP contribution in [0.2, 0.25) is 0 Å². The minimum Gasteiger partial charge on any atom is -0.360 e. The summed E-state index contributed by atoms with van der Waals surface area (Å²) in [5.74, 6) is -0.250. The molecule has 0 fully saturated rings. The van der Waals surface area contributed by atoms with Crippen LogP contribution in [0.25, 0.3) is 22.2 Å². The number of nitrogens with two attached hydrogens (primary N) is 1. The molecule has 18 heavy (non-hydrogen) atoms. The quantitative estimate of drug-likeness (QED) is 0.724. The van der Waals surface area contributed by atoms with Gasteiger partial charge in [-0.2, -0.15) is 0 Å². The van der Waals surface area contributed by atoms with Gasteiger partial charge in [-0.15, -0.1) is 0 Å². The maximum absolute atomic E-state index is 13.1. The molecule has 0 saturated heterocycles. The van der Waals surface area contributed by atoms with Gasteiger partial charge in [-0.1, -0.05) is 0 Å². The summed E-state index contributed by atoms with van der Waals surface area (Å²) < 4.78 is 13.1. The molecule has 0 aliphatic heterocycles. The minimum atomic E-state index is -0.250. The van der Waals surface area contributed by atoms with Crippen LogP contribution in [0.4, 0.5) is 4.39 Å². The molecule has 0 spiro atoms. The Morgan fingerprint density at radius 1 is 1.22 bits per heavy atom. The van der Waals surface area contributed by atoms with Crippen LogP contribution in [-0.2, 0) is 6.54 Å². The van der Waals surface area contributed by atoms with E-state index in [2.05, 4.69) is 9.97 Å². The molecule has 0 atom stereocenters. The summed E-state index contributed by atoms with van der Waals surface area (Å²) in [4.78, 5) is 7.39. The van der Waals surface area contributed by atoms with E-state index in [9.17, 15) is 4.39 Å². The van der Waals surface area contributed by atoms with Crippen molar-refractivity contribution in [3.05, 3.63) is 54.1 Å². The largest absolute Gasteiger partial charge is 0.360 e. The van der Waals surface area contributed by atoms with E-state index in [1.165, 1.54) is 12.1 Å². The monoisotopic (exact) mass is 241 g/mol. The van der Waals surface area contributed by atoms with Gasteiger partial charge >= 0.3 is 0 Å². The number of H-pyrrole nitrogens is 1. The third-order valence-corrected chi connectivity index (χ3v) is 2.98. The molecule has 0 aliphatic rings. The highest BCUT2D eigenvalue weighted by molar-refractivity contribution is 5.94. The molecule has 0 aliphatic carbocycles. The highest BCUT2D eigenvalue weighted by Gasteiger charge is 2.08. The zero-order valence-corrected chi connectivity index (χ0v) is 9.65. The lowest BCUT2D eigenvalue weighted by Crippen LogP contribution is -1.96. The standard InChI is InChI=1S/C14H12FN3/c15-10-1-2-11-12(8-18-14(11)6-10)13-5-9(7-16)3-4-17-13/h1-6,8,18H,7,16H2. The van der Waals surface area contributed by atoms with E-state index in [0.29, 0.717) is 6.54 Å². The molecule has 0 radical (unpaired) electrons. The van der Waals surface area contributed by atoms with Crippen molar-refractivity contribution in [2.75, 3.05) is 0 Å². The zero-order valence-electron chi connectivity index (χ0n) is 9.65. The molecule has 1 aromatic carbocycles. The first kappa shape index (κ1) is 10.9. The number of aromatic nitrogens is 2. The molecular formula is C14H12FN3. The fourth-order valence-electron chi connectivity index (χ4n) is 2.06. The maximum atomic E-state index is 13.1. The van der Waals surface area contributed by atoms with Gasteiger partial charge in [0.25, 0.3) is 0 Å². The molecule has 3 aromatic rings. The van der Waals surface area contributed by atoms with Crippen molar-refractivity contribution >= 4 is 10.9 Å². The van der Waals surface area contributed by atoms with Gasteiger partial charge in [0.2, 0.25) is 0 Å². The van der Waals surface area contributed by atoms with Crippen LogP contribution < -0.4 is 5.73 Å². The summed E-state index contributed by atoms with van der Waals surface area (Å²) >= 11 is 0. The SMILES string of the molecule is NCc1ccnc(-c2c[nH]c3cc(F)ccc23)c1. The predicted octanol–water partition coefficient (Wildman–Crippen LogP) is 2.83. The summed E-state index contributed by atoms with van der Waals surface area (Å²) in [6.45, 7) is 0.479. The lowest BCUT2D eigenvalue weighted by molar-refractivity contribution is 0.629. The summed E-state index contributed by atoms with van der Waals surface area (Å²) in [5.41, 5.74) is 9.21. The highest BCUT2D eigenvalue weighted by atomic mass is 19.1. The van der Waals surface area contributed by atoms with E-state index in [1.807, 2.05) is 18.3 Å². The Morgan fingerprint density at radius 3 is 2.94 bits per heavy atom. The van der Waals surface area contributed by atoms with Crippen molar-refractivity contribution in [3.63, 3.8) is 0 Å². The zero-order chi connectivity index (χ0) is 12.5. The lowest BCUT2D eigenvalue weighted by Gasteiger charge is -2.01. The van der Waals surface area contributed by atoms with E-state index < -0.39 is 0 Å². The van der Waals surface area contributed by atoms with Crippen LogP contribution in [0.3, 0.4) is 0 Å². The third kappa shape index (κ3) is 1.76. The van der Waals surface area contributed by atoms with Gasteiger partial charge in [0.05, 0.1) is 5.69 Å². The van der Waals surface area contributed by atoms with Crippen LogP contribution in [0, 0.1) is 5.82 Å². The van der Waals surface area contributed by atoms with Crippen molar-refractivity contribution < 1.29 is 4.39 Å². The van der Waals surface area contributed by atoms with E-state index in [4.69, 9.17) is 5.73 Å². The lowest BCUT2D eigenvalue weighted by atomic mass is 10.1. The van der Waals surface area contributed by atoms with Gasteiger partial charge in [-0.3, -0.25) is 4.98 Å². The van der Waals surface area contributed by atoms with E-state index in [1.54, 1.807) is 12.3 Å². The summed E-state index contributed by atoms with van der Waals surface area (Å²) in [7, 11) is 0. The summed E-state index contributed by atoms with van der Waals surface area (Å²) in [6, 6.07) is 8.52. The van der Waals surface area contributed by atoms with Gasteiger partial charge in [-0.05, 0) is 35.9 Å². The Kier molecular flexibility index (Phi) is 2.57. The molecule has 2 heterocycles. The minimum absolute atomic E-state index is 0.250. The maximum Gasteiger partial charge on any atom is 0.125 e. The molecule has 0 unspecified atom stereocenters. The average Bonchev–Trinajstić information content (AvgIpc) is 2.81. The van der Waals surface area contributed by atoms with Crippen molar-refractivity contribution in [2.45, 2.75) is 6.54 Å². The van der Waals surface area contributed by atoms with Crippen molar-refractivity contribution in [1.29, 1.82) is 0 Å². The number of halogens is 1. The molecule has 3 nitrogen and oxygen atoms in total. The predicted molar refractivity (Wildman–Crippen MR) is 69.4 cm³/mol. The first-order chi connectivity index (χ1) is 8.78. The first-order valence-electron chi connectivity index (χ1n) is 5.70. The Hall–Kier alpha value is -2.20.